The standard InChI is InChI=1S/C15H15ClN2O2/c1-2-15(19)18-11-6-7-14(13(16)9-11)20-10-12-5-3-4-8-17-12/h3-9H,2,10H2,1H3,(H,18,19). The Morgan fingerprint density at radius 3 is 2.85 bits per heavy atom. The molecular formula is C15H15ClN2O2. The summed E-state index contributed by atoms with van der Waals surface area (Å²) in [6.07, 6.45) is 2.14. The van der Waals surface area contributed by atoms with Crippen molar-refractivity contribution in [3.63, 3.8) is 0 Å². The molecule has 4 nitrogen and oxygen atoms in total. The van der Waals surface area contributed by atoms with Gasteiger partial charge >= 0.3 is 0 Å². The minimum Gasteiger partial charge on any atom is -0.486 e. The summed E-state index contributed by atoms with van der Waals surface area (Å²) in [5.41, 5.74) is 1.49. The number of carbonyl (C=O) groups is 1. The number of benzene rings is 1. The Bertz CT molecular complexity index is 588. The lowest BCUT2D eigenvalue weighted by atomic mass is 10.3. The molecule has 2 aromatic rings. The van der Waals surface area contributed by atoms with Gasteiger partial charge in [-0.15, -0.1) is 0 Å². The van der Waals surface area contributed by atoms with Gasteiger partial charge in [0.1, 0.15) is 12.4 Å². The fraction of sp³-hybridized carbons (Fsp3) is 0.200. The van der Waals surface area contributed by atoms with Crippen molar-refractivity contribution in [3.05, 3.63) is 53.3 Å². The number of anilines is 1. The van der Waals surface area contributed by atoms with Crippen LogP contribution in [-0.4, -0.2) is 10.9 Å². The summed E-state index contributed by atoms with van der Waals surface area (Å²) in [5, 5.41) is 3.20. The maximum atomic E-state index is 11.3. The zero-order valence-electron chi connectivity index (χ0n) is 11.1. The third kappa shape index (κ3) is 3.96. The number of rotatable bonds is 5. The van der Waals surface area contributed by atoms with E-state index in [-0.39, 0.29) is 5.91 Å². The van der Waals surface area contributed by atoms with Crippen LogP contribution in [0.2, 0.25) is 5.02 Å². The first-order valence-electron chi connectivity index (χ1n) is 6.31. The van der Waals surface area contributed by atoms with Crippen LogP contribution in [0.4, 0.5) is 5.69 Å². The van der Waals surface area contributed by atoms with E-state index in [1.807, 2.05) is 18.2 Å². The van der Waals surface area contributed by atoms with Crippen molar-refractivity contribution >= 4 is 23.2 Å². The molecule has 1 heterocycles. The Balaban J connectivity index is 2.01. The lowest BCUT2D eigenvalue weighted by Crippen LogP contribution is -2.09. The van der Waals surface area contributed by atoms with Gasteiger partial charge in [-0.1, -0.05) is 24.6 Å². The zero-order valence-corrected chi connectivity index (χ0v) is 11.9. The molecular weight excluding hydrogens is 276 g/mol. The van der Waals surface area contributed by atoms with Crippen LogP contribution in [0, 0.1) is 0 Å². The van der Waals surface area contributed by atoms with Crippen LogP contribution in [0.15, 0.2) is 42.6 Å². The quantitative estimate of drug-likeness (QED) is 0.914. The second-order valence-corrected chi connectivity index (χ2v) is 4.56. The highest BCUT2D eigenvalue weighted by molar-refractivity contribution is 6.32. The molecule has 20 heavy (non-hydrogen) atoms. The van der Waals surface area contributed by atoms with E-state index in [0.29, 0.717) is 29.5 Å². The molecule has 1 aromatic carbocycles. The molecule has 1 aromatic heterocycles. The smallest absolute Gasteiger partial charge is 0.224 e. The van der Waals surface area contributed by atoms with Crippen molar-refractivity contribution in [2.45, 2.75) is 20.0 Å². The van der Waals surface area contributed by atoms with E-state index >= 15 is 0 Å². The van der Waals surface area contributed by atoms with E-state index in [9.17, 15) is 4.79 Å². The number of amides is 1. The first-order valence-corrected chi connectivity index (χ1v) is 6.69. The van der Waals surface area contributed by atoms with Gasteiger partial charge in [0.25, 0.3) is 0 Å². The predicted molar refractivity (Wildman–Crippen MR) is 78.9 cm³/mol. The predicted octanol–water partition coefficient (Wildman–Crippen LogP) is 3.66. The minimum absolute atomic E-state index is 0.0526. The molecule has 1 amide bonds. The second kappa shape index (κ2) is 6.91. The highest BCUT2D eigenvalue weighted by Gasteiger charge is 2.05. The molecule has 104 valence electrons. The summed E-state index contributed by atoms with van der Waals surface area (Å²) in [4.78, 5) is 15.5. The first-order chi connectivity index (χ1) is 9.69. The SMILES string of the molecule is CCC(=O)Nc1ccc(OCc2ccccn2)c(Cl)c1. The third-order valence-electron chi connectivity index (χ3n) is 2.64. The van der Waals surface area contributed by atoms with Gasteiger partial charge in [-0.3, -0.25) is 9.78 Å². The summed E-state index contributed by atoms with van der Waals surface area (Å²) < 4.78 is 5.60. The number of hydrogen-bond acceptors (Lipinski definition) is 3. The van der Waals surface area contributed by atoms with Gasteiger partial charge < -0.3 is 10.1 Å². The number of carbonyl (C=O) groups excluding carboxylic acids is 1. The highest BCUT2D eigenvalue weighted by Crippen LogP contribution is 2.28. The van der Waals surface area contributed by atoms with Crippen LogP contribution in [0.1, 0.15) is 19.0 Å². The fourth-order valence-electron chi connectivity index (χ4n) is 1.58. The Morgan fingerprint density at radius 2 is 2.20 bits per heavy atom. The largest absolute Gasteiger partial charge is 0.486 e. The highest BCUT2D eigenvalue weighted by atomic mass is 35.5. The number of nitrogens with zero attached hydrogens (tertiary/aromatic N) is 1. The monoisotopic (exact) mass is 290 g/mol. The molecule has 0 bridgehead atoms. The number of nitrogens with one attached hydrogen (secondary N) is 1. The normalized spacial score (nSPS) is 10.1. The zero-order chi connectivity index (χ0) is 14.4. The molecule has 0 unspecified atom stereocenters. The van der Waals surface area contributed by atoms with E-state index in [0.717, 1.165) is 5.69 Å². The number of ether oxygens (including phenoxy) is 1. The minimum atomic E-state index is -0.0526. The fourth-order valence-corrected chi connectivity index (χ4v) is 1.82. The molecule has 0 atom stereocenters. The summed E-state index contributed by atoms with van der Waals surface area (Å²) in [7, 11) is 0. The van der Waals surface area contributed by atoms with Crippen molar-refractivity contribution in [3.8, 4) is 5.75 Å². The third-order valence-corrected chi connectivity index (χ3v) is 2.93. The first kappa shape index (κ1) is 14.3. The van der Waals surface area contributed by atoms with Gasteiger partial charge in [0.05, 0.1) is 10.7 Å². The van der Waals surface area contributed by atoms with Gasteiger partial charge in [-0.2, -0.15) is 0 Å². The molecule has 2 rings (SSSR count). The van der Waals surface area contributed by atoms with Gasteiger partial charge in [-0.05, 0) is 30.3 Å². The van der Waals surface area contributed by atoms with Crippen LogP contribution in [-0.2, 0) is 11.4 Å². The summed E-state index contributed by atoms with van der Waals surface area (Å²) in [6.45, 7) is 2.14. The van der Waals surface area contributed by atoms with Crippen LogP contribution in [0.3, 0.4) is 0 Å². The van der Waals surface area contributed by atoms with E-state index in [1.165, 1.54) is 0 Å². The van der Waals surface area contributed by atoms with Crippen LogP contribution < -0.4 is 10.1 Å². The maximum absolute atomic E-state index is 11.3. The average molecular weight is 291 g/mol. The molecule has 0 aliphatic carbocycles. The van der Waals surface area contributed by atoms with Gasteiger partial charge in [-0.25, -0.2) is 0 Å². The summed E-state index contributed by atoms with van der Waals surface area (Å²) in [6, 6.07) is 10.8. The lowest BCUT2D eigenvalue weighted by Gasteiger charge is -2.09. The second-order valence-electron chi connectivity index (χ2n) is 4.16. The number of aromatic nitrogens is 1. The van der Waals surface area contributed by atoms with E-state index < -0.39 is 0 Å². The van der Waals surface area contributed by atoms with E-state index in [2.05, 4.69) is 10.3 Å². The molecule has 1 N–H and O–H groups in total. The van der Waals surface area contributed by atoms with Crippen molar-refractivity contribution in [1.29, 1.82) is 0 Å². The molecule has 0 aliphatic rings. The average Bonchev–Trinajstić information content (AvgIpc) is 2.47. The van der Waals surface area contributed by atoms with Crippen LogP contribution >= 0.6 is 11.6 Å². The summed E-state index contributed by atoms with van der Waals surface area (Å²) in [5.74, 6) is 0.509. The molecule has 0 saturated carbocycles. The summed E-state index contributed by atoms with van der Waals surface area (Å²) >= 11 is 6.13. The number of hydrogen-bond donors (Lipinski definition) is 1. The van der Waals surface area contributed by atoms with Crippen molar-refractivity contribution in [2.24, 2.45) is 0 Å². The van der Waals surface area contributed by atoms with Gasteiger partial charge in [0.15, 0.2) is 0 Å². The molecule has 0 spiro atoms. The van der Waals surface area contributed by atoms with E-state index in [1.54, 1.807) is 31.3 Å². The topological polar surface area (TPSA) is 51.2 Å². The van der Waals surface area contributed by atoms with Gasteiger partial charge in [0, 0.05) is 18.3 Å². The maximum Gasteiger partial charge on any atom is 0.224 e. The van der Waals surface area contributed by atoms with Crippen LogP contribution in [0.25, 0.3) is 0 Å². The molecule has 5 heteroatoms. The Labute approximate surface area is 122 Å². The van der Waals surface area contributed by atoms with Crippen LogP contribution in [0.5, 0.6) is 5.75 Å². The molecule has 0 fully saturated rings. The Morgan fingerprint density at radius 1 is 1.35 bits per heavy atom. The molecule has 0 saturated heterocycles. The molecule has 0 aliphatic heterocycles. The van der Waals surface area contributed by atoms with Crippen molar-refractivity contribution < 1.29 is 9.53 Å². The van der Waals surface area contributed by atoms with Gasteiger partial charge in [0.2, 0.25) is 5.91 Å². The number of pyridine rings is 1. The Kier molecular flexibility index (Phi) is 4.96. The lowest BCUT2D eigenvalue weighted by molar-refractivity contribution is -0.115. The molecule has 0 radical (unpaired) electrons. The van der Waals surface area contributed by atoms with E-state index in [4.69, 9.17) is 16.3 Å². The Hall–Kier alpha value is -2.07. The number of halogens is 1. The van der Waals surface area contributed by atoms with Crippen molar-refractivity contribution in [1.82, 2.24) is 4.98 Å². The van der Waals surface area contributed by atoms with Crippen molar-refractivity contribution in [2.75, 3.05) is 5.32 Å².